The highest BCUT2D eigenvalue weighted by Crippen LogP contribution is 2.39. The molecule has 0 fully saturated rings. The number of anilines is 1. The summed E-state index contributed by atoms with van der Waals surface area (Å²) in [6.45, 7) is 0. The van der Waals surface area contributed by atoms with Gasteiger partial charge >= 0.3 is 12.4 Å². The molecule has 0 spiro atoms. The van der Waals surface area contributed by atoms with E-state index in [1.54, 1.807) is 0 Å². The number of aromatic nitrogens is 2. The van der Waals surface area contributed by atoms with E-state index in [4.69, 9.17) is 5.73 Å². The zero-order valence-electron chi connectivity index (χ0n) is 10.4. The summed E-state index contributed by atoms with van der Waals surface area (Å²) >= 11 is 2.94. The zero-order valence-corrected chi connectivity index (χ0v) is 12.0. The first-order valence-corrected chi connectivity index (χ1v) is 6.35. The number of hydrogen-bond donors (Lipinski definition) is 1. The third-order valence-electron chi connectivity index (χ3n) is 2.63. The highest BCUT2D eigenvalue weighted by atomic mass is 79.9. The van der Waals surface area contributed by atoms with Gasteiger partial charge in [0.25, 0.3) is 0 Å². The van der Waals surface area contributed by atoms with Gasteiger partial charge in [0.2, 0.25) is 0 Å². The number of halogens is 7. The van der Waals surface area contributed by atoms with Crippen molar-refractivity contribution >= 4 is 21.7 Å². The van der Waals surface area contributed by atoms with E-state index >= 15 is 0 Å². The summed E-state index contributed by atoms with van der Waals surface area (Å²) in [5.41, 5.74) is 1.90. The van der Waals surface area contributed by atoms with Crippen molar-refractivity contribution in [1.82, 2.24) is 9.97 Å². The van der Waals surface area contributed by atoms with E-state index in [1.807, 2.05) is 0 Å². The van der Waals surface area contributed by atoms with Gasteiger partial charge in [0, 0.05) is 5.56 Å². The number of nitrogens with zero attached hydrogens (tertiary/aromatic N) is 2. The van der Waals surface area contributed by atoms with E-state index in [-0.39, 0.29) is 22.2 Å². The Balaban J connectivity index is 2.73. The summed E-state index contributed by atoms with van der Waals surface area (Å²) in [6, 6.07) is 1.12. The van der Waals surface area contributed by atoms with Crippen molar-refractivity contribution in [2.45, 2.75) is 12.4 Å². The fourth-order valence-electron chi connectivity index (χ4n) is 1.68. The van der Waals surface area contributed by atoms with Gasteiger partial charge in [0.1, 0.15) is 16.1 Å². The van der Waals surface area contributed by atoms with Crippen molar-refractivity contribution in [3.05, 3.63) is 40.1 Å². The van der Waals surface area contributed by atoms with E-state index in [9.17, 15) is 26.3 Å². The van der Waals surface area contributed by atoms with Crippen LogP contribution in [0.15, 0.2) is 29.0 Å². The summed E-state index contributed by atoms with van der Waals surface area (Å²) in [4.78, 5) is 7.43. The molecule has 0 aliphatic heterocycles. The first kappa shape index (κ1) is 16.5. The molecule has 2 N–H and O–H groups in total. The number of alkyl halides is 6. The van der Waals surface area contributed by atoms with E-state index < -0.39 is 29.0 Å². The topological polar surface area (TPSA) is 51.8 Å². The Hall–Kier alpha value is -1.84. The van der Waals surface area contributed by atoms with Crippen LogP contribution in [0, 0.1) is 0 Å². The van der Waals surface area contributed by atoms with Gasteiger partial charge in [-0.3, -0.25) is 0 Å². The lowest BCUT2D eigenvalue weighted by Gasteiger charge is -2.14. The second-order valence-corrected chi connectivity index (χ2v) is 5.03. The summed E-state index contributed by atoms with van der Waals surface area (Å²) in [5.74, 6) is -0.282. The third kappa shape index (κ3) is 3.49. The average Bonchev–Trinajstić information content (AvgIpc) is 2.39. The Morgan fingerprint density at radius 2 is 1.41 bits per heavy atom. The quantitative estimate of drug-likeness (QED) is 0.734. The Morgan fingerprint density at radius 3 is 1.86 bits per heavy atom. The molecule has 1 aromatic carbocycles. The summed E-state index contributed by atoms with van der Waals surface area (Å²) < 4.78 is 76.9. The maximum absolute atomic E-state index is 12.8. The molecular formula is C12H6BrF6N3. The van der Waals surface area contributed by atoms with Crippen molar-refractivity contribution in [3.63, 3.8) is 0 Å². The lowest BCUT2D eigenvalue weighted by molar-refractivity contribution is -0.143. The van der Waals surface area contributed by atoms with Crippen LogP contribution in [0.3, 0.4) is 0 Å². The first-order chi connectivity index (χ1) is 9.98. The van der Waals surface area contributed by atoms with Crippen molar-refractivity contribution < 1.29 is 26.3 Å². The standard InChI is InChI=1S/C12H6BrF6N3/c13-8-4-21-10(20)9(22-8)5-1-6(11(14,15)16)3-7(2-5)12(17,18)19/h1-4H,(H2,20,21). The highest BCUT2D eigenvalue weighted by Gasteiger charge is 2.37. The van der Waals surface area contributed by atoms with Gasteiger partial charge in [-0.2, -0.15) is 26.3 Å². The smallest absolute Gasteiger partial charge is 0.382 e. The van der Waals surface area contributed by atoms with Gasteiger partial charge in [-0.25, -0.2) is 9.97 Å². The third-order valence-corrected chi connectivity index (χ3v) is 3.01. The Bertz CT molecular complexity index is 679. The van der Waals surface area contributed by atoms with Crippen LogP contribution in [-0.2, 0) is 12.4 Å². The van der Waals surface area contributed by atoms with Crippen LogP contribution in [0.5, 0.6) is 0 Å². The van der Waals surface area contributed by atoms with Crippen LogP contribution in [0.2, 0.25) is 0 Å². The minimum absolute atomic E-state index is 0.0328. The minimum Gasteiger partial charge on any atom is -0.382 e. The molecule has 0 saturated carbocycles. The van der Waals surface area contributed by atoms with Crippen LogP contribution < -0.4 is 5.73 Å². The zero-order chi connectivity index (χ0) is 16.7. The Kier molecular flexibility index (Phi) is 4.07. The fourth-order valence-corrected chi connectivity index (χ4v) is 1.96. The van der Waals surface area contributed by atoms with Crippen molar-refractivity contribution in [1.29, 1.82) is 0 Å². The van der Waals surface area contributed by atoms with E-state index in [1.165, 1.54) is 6.20 Å². The SMILES string of the molecule is Nc1ncc(Br)nc1-c1cc(C(F)(F)F)cc(C(F)(F)F)c1. The number of rotatable bonds is 1. The molecule has 118 valence electrons. The molecule has 0 saturated heterocycles. The van der Waals surface area contributed by atoms with E-state index in [2.05, 4.69) is 25.9 Å². The maximum Gasteiger partial charge on any atom is 0.416 e. The molecular weight excluding hydrogens is 380 g/mol. The Labute approximate surface area is 128 Å². The van der Waals surface area contributed by atoms with Gasteiger partial charge in [-0.15, -0.1) is 0 Å². The number of benzene rings is 1. The van der Waals surface area contributed by atoms with Crippen LogP contribution in [-0.4, -0.2) is 9.97 Å². The average molecular weight is 386 g/mol. The molecule has 3 nitrogen and oxygen atoms in total. The summed E-state index contributed by atoms with van der Waals surface area (Å²) in [5, 5.41) is 0. The molecule has 0 aliphatic carbocycles. The minimum atomic E-state index is -4.94. The number of nitrogen functional groups attached to an aromatic ring is 1. The lowest BCUT2D eigenvalue weighted by atomic mass is 10.0. The second kappa shape index (κ2) is 5.41. The lowest BCUT2D eigenvalue weighted by Crippen LogP contribution is -2.11. The van der Waals surface area contributed by atoms with Crippen LogP contribution in [0.1, 0.15) is 11.1 Å². The van der Waals surface area contributed by atoms with Gasteiger partial charge in [0.05, 0.1) is 17.3 Å². The van der Waals surface area contributed by atoms with Crippen molar-refractivity contribution in [3.8, 4) is 11.3 Å². The van der Waals surface area contributed by atoms with Crippen LogP contribution in [0.4, 0.5) is 32.2 Å². The maximum atomic E-state index is 12.8. The molecule has 2 rings (SSSR count). The van der Waals surface area contributed by atoms with Crippen LogP contribution >= 0.6 is 15.9 Å². The molecule has 10 heteroatoms. The second-order valence-electron chi connectivity index (χ2n) is 4.22. The summed E-state index contributed by atoms with van der Waals surface area (Å²) in [6.07, 6.45) is -8.70. The summed E-state index contributed by atoms with van der Waals surface area (Å²) in [7, 11) is 0. The molecule has 0 atom stereocenters. The monoisotopic (exact) mass is 385 g/mol. The van der Waals surface area contributed by atoms with E-state index in [0.717, 1.165) is 0 Å². The van der Waals surface area contributed by atoms with Gasteiger partial charge < -0.3 is 5.73 Å². The number of nitrogens with two attached hydrogens (primary N) is 1. The molecule has 22 heavy (non-hydrogen) atoms. The normalized spacial score (nSPS) is 12.5. The largest absolute Gasteiger partial charge is 0.416 e. The highest BCUT2D eigenvalue weighted by molar-refractivity contribution is 9.10. The molecule has 0 aliphatic rings. The predicted octanol–water partition coefficient (Wildman–Crippen LogP) is 4.53. The molecule has 0 amide bonds. The Morgan fingerprint density at radius 1 is 0.909 bits per heavy atom. The number of hydrogen-bond acceptors (Lipinski definition) is 3. The van der Waals surface area contributed by atoms with Crippen molar-refractivity contribution in [2.24, 2.45) is 0 Å². The fraction of sp³-hybridized carbons (Fsp3) is 0.167. The molecule has 0 unspecified atom stereocenters. The predicted molar refractivity (Wildman–Crippen MR) is 69.6 cm³/mol. The molecule has 0 radical (unpaired) electrons. The van der Waals surface area contributed by atoms with Crippen molar-refractivity contribution in [2.75, 3.05) is 5.73 Å². The molecule has 1 aromatic heterocycles. The van der Waals surface area contributed by atoms with Gasteiger partial charge in [-0.1, -0.05) is 0 Å². The van der Waals surface area contributed by atoms with E-state index in [0.29, 0.717) is 12.1 Å². The van der Waals surface area contributed by atoms with Gasteiger partial charge in [0.15, 0.2) is 0 Å². The molecule has 0 bridgehead atoms. The first-order valence-electron chi connectivity index (χ1n) is 5.56. The van der Waals surface area contributed by atoms with Crippen LogP contribution in [0.25, 0.3) is 11.3 Å². The molecule has 2 aromatic rings. The molecule has 1 heterocycles. The van der Waals surface area contributed by atoms with Gasteiger partial charge in [-0.05, 0) is 34.1 Å².